The van der Waals surface area contributed by atoms with Crippen LogP contribution in [0.4, 0.5) is 0 Å². The van der Waals surface area contributed by atoms with Gasteiger partial charge in [0.05, 0.1) is 6.04 Å². The van der Waals surface area contributed by atoms with Crippen molar-refractivity contribution >= 4 is 27.5 Å². The van der Waals surface area contributed by atoms with Gasteiger partial charge in [0.25, 0.3) is 0 Å². The molecule has 2 nitrogen and oxygen atoms in total. The molecule has 2 aromatic rings. The Morgan fingerprint density at radius 1 is 1.26 bits per heavy atom. The van der Waals surface area contributed by atoms with E-state index in [0.717, 1.165) is 33.1 Å². The summed E-state index contributed by atoms with van der Waals surface area (Å²) in [7, 11) is 0. The Morgan fingerprint density at radius 2 is 2.00 bits per heavy atom. The molecule has 1 aromatic heterocycles. The van der Waals surface area contributed by atoms with Gasteiger partial charge in [-0.25, -0.2) is 0 Å². The Morgan fingerprint density at radius 3 is 2.58 bits per heavy atom. The molecule has 0 radical (unpaired) electrons. The van der Waals surface area contributed by atoms with Crippen LogP contribution in [0.1, 0.15) is 35.4 Å². The molecule has 1 atom stereocenters. The predicted molar refractivity (Wildman–Crippen MR) is 82.9 cm³/mol. The van der Waals surface area contributed by atoms with E-state index in [-0.39, 0.29) is 6.04 Å². The van der Waals surface area contributed by atoms with Crippen LogP contribution in [-0.2, 0) is 0 Å². The number of halogens is 2. The van der Waals surface area contributed by atoms with Crippen molar-refractivity contribution in [2.24, 2.45) is 0 Å². The summed E-state index contributed by atoms with van der Waals surface area (Å²) < 4.78 is 6.44. The van der Waals surface area contributed by atoms with Gasteiger partial charge in [-0.3, -0.25) is 0 Å². The molecule has 0 aliphatic rings. The normalized spacial score (nSPS) is 12.7. The van der Waals surface area contributed by atoms with Crippen molar-refractivity contribution in [3.05, 3.63) is 56.4 Å². The van der Waals surface area contributed by atoms with Crippen LogP contribution in [0.3, 0.4) is 0 Å². The Kier molecular flexibility index (Phi) is 4.71. The van der Waals surface area contributed by atoms with Crippen molar-refractivity contribution in [3.8, 4) is 0 Å². The first-order valence-electron chi connectivity index (χ1n) is 6.28. The van der Waals surface area contributed by atoms with E-state index in [1.807, 2.05) is 25.1 Å². The molecule has 0 amide bonds. The molecule has 0 fully saturated rings. The third-order valence-corrected chi connectivity index (χ3v) is 3.98. The highest BCUT2D eigenvalue weighted by Crippen LogP contribution is 2.31. The lowest BCUT2D eigenvalue weighted by Gasteiger charge is -2.19. The average Bonchev–Trinajstić information content (AvgIpc) is 2.78. The molecule has 0 bridgehead atoms. The maximum atomic E-state index is 6.17. The van der Waals surface area contributed by atoms with E-state index in [4.69, 9.17) is 16.0 Å². The van der Waals surface area contributed by atoms with Gasteiger partial charge in [0.1, 0.15) is 5.76 Å². The molecule has 1 aromatic carbocycles. The van der Waals surface area contributed by atoms with Crippen LogP contribution < -0.4 is 5.32 Å². The molecule has 2 rings (SSSR count). The zero-order valence-corrected chi connectivity index (χ0v) is 13.6. The largest absolute Gasteiger partial charge is 0.452 e. The second-order valence-electron chi connectivity index (χ2n) is 4.59. The van der Waals surface area contributed by atoms with Gasteiger partial charge in [0.15, 0.2) is 4.67 Å². The summed E-state index contributed by atoms with van der Waals surface area (Å²) in [5, 5.41) is 4.26. The lowest BCUT2D eigenvalue weighted by Crippen LogP contribution is -2.22. The maximum Gasteiger partial charge on any atom is 0.169 e. The minimum absolute atomic E-state index is 0.0484. The van der Waals surface area contributed by atoms with E-state index in [1.54, 1.807) is 0 Å². The molecule has 0 spiro atoms. The van der Waals surface area contributed by atoms with Crippen LogP contribution >= 0.6 is 27.5 Å². The number of aryl methyl sites for hydroxylation is 2. The summed E-state index contributed by atoms with van der Waals surface area (Å²) in [6, 6.07) is 8.08. The van der Waals surface area contributed by atoms with E-state index in [2.05, 4.69) is 41.2 Å². The summed E-state index contributed by atoms with van der Waals surface area (Å²) in [5.41, 5.74) is 3.44. The first-order chi connectivity index (χ1) is 9.02. The Hall–Kier alpha value is -0.770. The van der Waals surface area contributed by atoms with E-state index >= 15 is 0 Å². The van der Waals surface area contributed by atoms with Crippen LogP contribution in [0.15, 0.2) is 33.4 Å². The first-order valence-corrected chi connectivity index (χ1v) is 7.45. The molecule has 1 N–H and O–H groups in total. The fourth-order valence-corrected chi connectivity index (χ4v) is 2.70. The molecule has 0 aliphatic carbocycles. The van der Waals surface area contributed by atoms with Crippen molar-refractivity contribution in [2.45, 2.75) is 26.8 Å². The van der Waals surface area contributed by atoms with Gasteiger partial charge in [0, 0.05) is 5.02 Å². The van der Waals surface area contributed by atoms with Gasteiger partial charge in [-0.15, -0.1) is 0 Å². The highest BCUT2D eigenvalue weighted by molar-refractivity contribution is 9.10. The monoisotopic (exact) mass is 341 g/mol. The summed E-state index contributed by atoms with van der Waals surface area (Å²) in [4.78, 5) is 0. The standard InChI is InChI=1S/C15H17BrClNO/c1-4-18-15(13-5-6-14(16)19-13)11-7-10(3)12(17)8-9(11)2/h5-8,15,18H,4H2,1-3H3. The fourth-order valence-electron chi connectivity index (χ4n) is 2.17. The van der Waals surface area contributed by atoms with Gasteiger partial charge >= 0.3 is 0 Å². The molecular formula is C15H17BrClNO. The van der Waals surface area contributed by atoms with Gasteiger partial charge in [0.2, 0.25) is 0 Å². The summed E-state index contributed by atoms with van der Waals surface area (Å²) in [6.07, 6.45) is 0. The smallest absolute Gasteiger partial charge is 0.169 e. The summed E-state index contributed by atoms with van der Waals surface area (Å²) in [5.74, 6) is 0.901. The number of furan rings is 1. The van der Waals surface area contributed by atoms with Crippen molar-refractivity contribution in [1.29, 1.82) is 0 Å². The number of nitrogens with one attached hydrogen (secondary N) is 1. The predicted octanol–water partition coefficient (Wildman–Crippen LogP) is 5.01. The lowest BCUT2D eigenvalue weighted by molar-refractivity contribution is 0.437. The van der Waals surface area contributed by atoms with E-state index in [9.17, 15) is 0 Å². The highest BCUT2D eigenvalue weighted by Gasteiger charge is 2.19. The average molecular weight is 343 g/mol. The number of rotatable bonds is 4. The van der Waals surface area contributed by atoms with Crippen LogP contribution in [0.2, 0.25) is 5.02 Å². The van der Waals surface area contributed by atoms with Crippen molar-refractivity contribution < 1.29 is 4.42 Å². The second-order valence-corrected chi connectivity index (χ2v) is 5.78. The van der Waals surface area contributed by atoms with Gasteiger partial charge in [-0.05, 0) is 71.2 Å². The van der Waals surface area contributed by atoms with Crippen molar-refractivity contribution in [1.82, 2.24) is 5.32 Å². The SMILES string of the molecule is CCNC(c1ccc(Br)o1)c1cc(C)c(Cl)cc1C. The minimum Gasteiger partial charge on any atom is -0.452 e. The molecule has 0 saturated carbocycles. The molecular weight excluding hydrogens is 326 g/mol. The molecule has 0 saturated heterocycles. The van der Waals surface area contributed by atoms with Gasteiger partial charge in [-0.2, -0.15) is 0 Å². The quantitative estimate of drug-likeness (QED) is 0.844. The molecule has 102 valence electrons. The summed E-state index contributed by atoms with van der Waals surface area (Å²) in [6.45, 7) is 7.04. The number of hydrogen-bond donors (Lipinski definition) is 1. The second kappa shape index (κ2) is 6.12. The summed E-state index contributed by atoms with van der Waals surface area (Å²) >= 11 is 9.52. The molecule has 1 heterocycles. The molecule has 19 heavy (non-hydrogen) atoms. The Bertz CT molecular complexity index is 580. The highest BCUT2D eigenvalue weighted by atomic mass is 79.9. The van der Waals surface area contributed by atoms with E-state index in [0.29, 0.717) is 0 Å². The molecule has 0 aliphatic heterocycles. The van der Waals surface area contributed by atoms with Crippen molar-refractivity contribution in [2.75, 3.05) is 6.54 Å². The van der Waals surface area contributed by atoms with E-state index in [1.165, 1.54) is 5.56 Å². The zero-order chi connectivity index (χ0) is 14.0. The third-order valence-electron chi connectivity index (χ3n) is 3.15. The van der Waals surface area contributed by atoms with Crippen LogP contribution in [0, 0.1) is 13.8 Å². The number of benzene rings is 1. The first kappa shape index (κ1) is 14.6. The molecule has 4 heteroatoms. The van der Waals surface area contributed by atoms with E-state index < -0.39 is 0 Å². The van der Waals surface area contributed by atoms with Crippen LogP contribution in [-0.4, -0.2) is 6.54 Å². The fraction of sp³-hybridized carbons (Fsp3) is 0.333. The topological polar surface area (TPSA) is 25.2 Å². The number of hydrogen-bond acceptors (Lipinski definition) is 2. The zero-order valence-electron chi connectivity index (χ0n) is 11.3. The van der Waals surface area contributed by atoms with Crippen LogP contribution in [0.5, 0.6) is 0 Å². The van der Waals surface area contributed by atoms with Gasteiger partial charge < -0.3 is 9.73 Å². The van der Waals surface area contributed by atoms with Gasteiger partial charge in [-0.1, -0.05) is 24.6 Å². The maximum absolute atomic E-state index is 6.17. The Balaban J connectivity index is 2.47. The minimum atomic E-state index is 0.0484. The van der Waals surface area contributed by atoms with Crippen molar-refractivity contribution in [3.63, 3.8) is 0 Å². The third kappa shape index (κ3) is 3.22. The molecule has 1 unspecified atom stereocenters. The van der Waals surface area contributed by atoms with Crippen LogP contribution in [0.25, 0.3) is 0 Å². The lowest BCUT2D eigenvalue weighted by atomic mass is 9.97. The Labute approximate surface area is 127 Å².